The highest BCUT2D eigenvalue weighted by atomic mass is 16.5. The van der Waals surface area contributed by atoms with Gasteiger partial charge in [-0.1, -0.05) is 232 Å². The standard InChI is InChI=1S/C49H94O4/c1-4-7-10-13-16-19-22-23-24-25-26-27-28-29-30-31-34-37-40-43-47(49(51)53-45-42-39-36-33-21-18-15-12-9-6-3)46-48(50)52-44-41-38-35-32-20-17-14-11-8-5-2/h29-30,47H,4-28,31-46H2,1-3H3/b30-29+. The van der Waals surface area contributed by atoms with Crippen molar-refractivity contribution in [3.8, 4) is 0 Å². The molecule has 4 nitrogen and oxygen atoms in total. The summed E-state index contributed by atoms with van der Waals surface area (Å²) in [6.07, 6.45) is 53.1. The van der Waals surface area contributed by atoms with E-state index in [0.717, 1.165) is 51.4 Å². The number of carbonyl (C=O) groups is 2. The van der Waals surface area contributed by atoms with Gasteiger partial charge in [-0.15, -0.1) is 0 Å². The molecule has 0 aromatic carbocycles. The summed E-state index contributed by atoms with van der Waals surface area (Å²) in [7, 11) is 0. The van der Waals surface area contributed by atoms with E-state index in [1.165, 1.54) is 186 Å². The van der Waals surface area contributed by atoms with Gasteiger partial charge in [-0.25, -0.2) is 0 Å². The number of allylic oxidation sites excluding steroid dienone is 2. The molecule has 0 heterocycles. The maximum atomic E-state index is 13.1. The van der Waals surface area contributed by atoms with Gasteiger partial charge in [-0.3, -0.25) is 9.59 Å². The normalized spacial score (nSPS) is 12.1. The first kappa shape index (κ1) is 51.7. The minimum Gasteiger partial charge on any atom is -0.466 e. The highest BCUT2D eigenvalue weighted by molar-refractivity contribution is 5.79. The van der Waals surface area contributed by atoms with Crippen molar-refractivity contribution >= 4 is 11.9 Å². The molecule has 314 valence electrons. The second kappa shape index (κ2) is 45.1. The zero-order valence-corrected chi connectivity index (χ0v) is 36.4. The average molecular weight is 747 g/mol. The van der Waals surface area contributed by atoms with Crippen LogP contribution < -0.4 is 0 Å². The second-order valence-electron chi connectivity index (χ2n) is 16.4. The molecule has 0 bridgehead atoms. The van der Waals surface area contributed by atoms with Crippen LogP contribution in [-0.2, 0) is 19.1 Å². The van der Waals surface area contributed by atoms with Gasteiger partial charge in [0.2, 0.25) is 0 Å². The van der Waals surface area contributed by atoms with Crippen LogP contribution in [0.15, 0.2) is 12.2 Å². The monoisotopic (exact) mass is 747 g/mol. The zero-order chi connectivity index (χ0) is 38.6. The van der Waals surface area contributed by atoms with E-state index in [9.17, 15) is 9.59 Å². The largest absolute Gasteiger partial charge is 0.466 e. The molecule has 0 aromatic heterocycles. The lowest BCUT2D eigenvalue weighted by Gasteiger charge is -2.16. The van der Waals surface area contributed by atoms with Crippen molar-refractivity contribution in [3.05, 3.63) is 12.2 Å². The molecule has 53 heavy (non-hydrogen) atoms. The molecule has 0 saturated carbocycles. The van der Waals surface area contributed by atoms with E-state index in [2.05, 4.69) is 32.9 Å². The minimum absolute atomic E-state index is 0.160. The molecule has 0 saturated heterocycles. The van der Waals surface area contributed by atoms with Crippen molar-refractivity contribution in [2.75, 3.05) is 13.2 Å². The highest BCUT2D eigenvalue weighted by Crippen LogP contribution is 2.19. The first-order valence-corrected chi connectivity index (χ1v) is 24.1. The van der Waals surface area contributed by atoms with Gasteiger partial charge in [-0.05, 0) is 44.9 Å². The predicted molar refractivity (Wildman–Crippen MR) is 232 cm³/mol. The SMILES string of the molecule is CCCCCCCCCCCCCC/C=C/CCCCCC(CC(=O)OCCCCCCCCCCCC)C(=O)OCCCCCCCCCCCC. The Balaban J connectivity index is 4.20. The van der Waals surface area contributed by atoms with Crippen molar-refractivity contribution < 1.29 is 19.1 Å². The molecule has 0 aliphatic heterocycles. The van der Waals surface area contributed by atoms with Crippen LogP contribution in [-0.4, -0.2) is 25.2 Å². The van der Waals surface area contributed by atoms with Gasteiger partial charge in [-0.2, -0.15) is 0 Å². The maximum Gasteiger partial charge on any atom is 0.309 e. The lowest BCUT2D eigenvalue weighted by atomic mass is 9.97. The van der Waals surface area contributed by atoms with Crippen LogP contribution in [0.3, 0.4) is 0 Å². The third-order valence-electron chi connectivity index (χ3n) is 11.1. The lowest BCUT2D eigenvalue weighted by molar-refractivity contribution is -0.155. The third kappa shape index (κ3) is 41.7. The molecule has 0 N–H and O–H groups in total. The molecular weight excluding hydrogens is 653 g/mol. The summed E-state index contributed by atoms with van der Waals surface area (Å²) in [6.45, 7) is 7.77. The van der Waals surface area contributed by atoms with Crippen LogP contribution in [0.25, 0.3) is 0 Å². The lowest BCUT2D eigenvalue weighted by Crippen LogP contribution is -2.23. The van der Waals surface area contributed by atoms with Gasteiger partial charge >= 0.3 is 11.9 Å². The van der Waals surface area contributed by atoms with Gasteiger partial charge in [0.1, 0.15) is 0 Å². The predicted octanol–water partition coefficient (Wildman–Crippen LogP) is 16.5. The van der Waals surface area contributed by atoms with E-state index in [-0.39, 0.29) is 24.3 Å². The average Bonchev–Trinajstić information content (AvgIpc) is 3.16. The highest BCUT2D eigenvalue weighted by Gasteiger charge is 2.24. The first-order valence-electron chi connectivity index (χ1n) is 24.1. The summed E-state index contributed by atoms with van der Waals surface area (Å²) in [6, 6.07) is 0. The molecule has 4 heteroatoms. The molecule has 1 atom stereocenters. The number of rotatable bonds is 44. The fourth-order valence-corrected chi connectivity index (χ4v) is 7.39. The van der Waals surface area contributed by atoms with E-state index in [1.54, 1.807) is 0 Å². The Morgan fingerprint density at radius 3 is 1.06 bits per heavy atom. The topological polar surface area (TPSA) is 52.6 Å². The van der Waals surface area contributed by atoms with Crippen LogP contribution in [0.2, 0.25) is 0 Å². The number of esters is 2. The van der Waals surface area contributed by atoms with Gasteiger partial charge in [0.15, 0.2) is 0 Å². The molecular formula is C49H94O4. The summed E-state index contributed by atoms with van der Waals surface area (Å²) < 4.78 is 11.3. The fraction of sp³-hybridized carbons (Fsp3) is 0.918. The minimum atomic E-state index is -0.375. The van der Waals surface area contributed by atoms with Gasteiger partial charge < -0.3 is 9.47 Å². The molecule has 0 aliphatic carbocycles. The van der Waals surface area contributed by atoms with Crippen LogP contribution in [0, 0.1) is 5.92 Å². The Morgan fingerprint density at radius 1 is 0.377 bits per heavy atom. The second-order valence-corrected chi connectivity index (χ2v) is 16.4. The maximum absolute atomic E-state index is 13.1. The molecule has 0 spiro atoms. The first-order chi connectivity index (χ1) is 26.2. The van der Waals surface area contributed by atoms with Gasteiger partial charge in [0, 0.05) is 0 Å². The summed E-state index contributed by atoms with van der Waals surface area (Å²) in [5.74, 6) is -0.804. The van der Waals surface area contributed by atoms with Crippen molar-refractivity contribution in [2.24, 2.45) is 5.92 Å². The molecule has 1 unspecified atom stereocenters. The van der Waals surface area contributed by atoms with Gasteiger partial charge in [0.25, 0.3) is 0 Å². The quantitative estimate of drug-likeness (QED) is 0.0354. The smallest absolute Gasteiger partial charge is 0.309 e. The van der Waals surface area contributed by atoms with E-state index in [1.807, 2.05) is 0 Å². The Kier molecular flexibility index (Phi) is 43.9. The van der Waals surface area contributed by atoms with Crippen molar-refractivity contribution in [1.29, 1.82) is 0 Å². The number of unbranched alkanes of at least 4 members (excludes halogenated alkanes) is 33. The summed E-state index contributed by atoms with van der Waals surface area (Å²) in [5, 5.41) is 0. The van der Waals surface area contributed by atoms with Crippen molar-refractivity contribution in [1.82, 2.24) is 0 Å². The molecule has 0 fully saturated rings. The van der Waals surface area contributed by atoms with Crippen LogP contribution in [0.4, 0.5) is 0 Å². The van der Waals surface area contributed by atoms with Gasteiger partial charge in [0.05, 0.1) is 25.6 Å². The molecule has 0 aromatic rings. The number of hydrogen-bond donors (Lipinski definition) is 0. The van der Waals surface area contributed by atoms with Crippen LogP contribution in [0.5, 0.6) is 0 Å². The van der Waals surface area contributed by atoms with E-state index in [0.29, 0.717) is 19.6 Å². The summed E-state index contributed by atoms with van der Waals surface area (Å²) >= 11 is 0. The van der Waals surface area contributed by atoms with Crippen LogP contribution >= 0.6 is 0 Å². The van der Waals surface area contributed by atoms with Crippen molar-refractivity contribution in [2.45, 2.75) is 271 Å². The van der Waals surface area contributed by atoms with E-state index >= 15 is 0 Å². The number of hydrogen-bond acceptors (Lipinski definition) is 4. The Labute approximate surface area is 332 Å². The number of carbonyl (C=O) groups excluding carboxylic acids is 2. The molecule has 0 amide bonds. The molecule has 0 rings (SSSR count). The Morgan fingerprint density at radius 2 is 0.679 bits per heavy atom. The molecule has 0 aliphatic rings. The number of ether oxygens (including phenoxy) is 2. The summed E-state index contributed by atoms with van der Waals surface area (Å²) in [4.78, 5) is 25.8. The third-order valence-corrected chi connectivity index (χ3v) is 11.1. The fourth-order valence-electron chi connectivity index (χ4n) is 7.39. The Hall–Kier alpha value is -1.32. The molecule has 0 radical (unpaired) electrons. The summed E-state index contributed by atoms with van der Waals surface area (Å²) in [5.41, 5.74) is 0. The van der Waals surface area contributed by atoms with Crippen molar-refractivity contribution in [3.63, 3.8) is 0 Å². The zero-order valence-electron chi connectivity index (χ0n) is 36.4. The Bertz CT molecular complexity index is 762. The van der Waals surface area contributed by atoms with E-state index < -0.39 is 0 Å². The van der Waals surface area contributed by atoms with Crippen LogP contribution in [0.1, 0.15) is 271 Å². The van der Waals surface area contributed by atoms with E-state index in [4.69, 9.17) is 9.47 Å².